The molecule has 0 N–H and O–H groups in total. The van der Waals surface area contributed by atoms with Gasteiger partial charge < -0.3 is 14.2 Å². The van der Waals surface area contributed by atoms with E-state index in [9.17, 15) is 0 Å². The Bertz CT molecular complexity index is 585. The van der Waals surface area contributed by atoms with Gasteiger partial charge in [-0.15, -0.1) is 0 Å². The minimum absolute atomic E-state index is 0.206. The maximum Gasteiger partial charge on any atom is 0.157 e. The van der Waals surface area contributed by atoms with Crippen LogP contribution in [-0.4, -0.2) is 45.2 Å². The van der Waals surface area contributed by atoms with Crippen LogP contribution in [0.3, 0.4) is 0 Å². The highest BCUT2D eigenvalue weighted by Gasteiger charge is 2.28. The molecule has 2 aromatic rings. The molecule has 0 aliphatic carbocycles. The fourth-order valence-corrected chi connectivity index (χ4v) is 2.86. The lowest BCUT2D eigenvalue weighted by molar-refractivity contribution is 0.0377. The summed E-state index contributed by atoms with van der Waals surface area (Å²) in [4.78, 5) is 11.3. The van der Waals surface area contributed by atoms with E-state index in [4.69, 9.17) is 4.74 Å². The fraction of sp³-hybridized carbons (Fsp3) is 0.538. The Morgan fingerprint density at radius 2 is 2.32 bits per heavy atom. The van der Waals surface area contributed by atoms with Crippen molar-refractivity contribution in [2.24, 2.45) is 7.05 Å². The molecule has 0 saturated carbocycles. The Balaban J connectivity index is 2.02. The number of anilines is 1. The number of rotatable bonds is 2. The molecule has 6 heteroatoms. The first kappa shape index (κ1) is 12.9. The van der Waals surface area contributed by atoms with Crippen LogP contribution in [0.2, 0.25) is 0 Å². The predicted molar refractivity (Wildman–Crippen MR) is 78.9 cm³/mol. The number of morpholine rings is 1. The summed E-state index contributed by atoms with van der Waals surface area (Å²) < 4.78 is 7.79. The van der Waals surface area contributed by atoms with Crippen LogP contribution in [0, 0.1) is 0 Å². The van der Waals surface area contributed by atoms with Crippen LogP contribution in [0.1, 0.15) is 6.92 Å². The lowest BCUT2D eigenvalue weighted by Gasteiger charge is -2.38. The smallest absolute Gasteiger partial charge is 0.157 e. The monoisotopic (exact) mass is 324 g/mol. The van der Waals surface area contributed by atoms with Crippen molar-refractivity contribution in [3.63, 3.8) is 0 Å². The number of alkyl halides is 1. The average Bonchev–Trinajstić information content (AvgIpc) is 2.81. The van der Waals surface area contributed by atoms with Crippen molar-refractivity contribution >= 4 is 32.8 Å². The third-order valence-corrected chi connectivity index (χ3v) is 4.30. The van der Waals surface area contributed by atoms with Crippen LogP contribution in [0.4, 0.5) is 5.82 Å². The average molecular weight is 325 g/mol. The number of aryl methyl sites for hydroxylation is 1. The van der Waals surface area contributed by atoms with Gasteiger partial charge in [0, 0.05) is 25.1 Å². The van der Waals surface area contributed by atoms with Crippen molar-refractivity contribution in [1.29, 1.82) is 0 Å². The number of ether oxygens (including phenoxy) is 1. The van der Waals surface area contributed by atoms with E-state index in [2.05, 4.69) is 37.7 Å². The van der Waals surface area contributed by atoms with Gasteiger partial charge in [0.05, 0.1) is 30.6 Å². The van der Waals surface area contributed by atoms with Gasteiger partial charge in [0.15, 0.2) is 5.82 Å². The number of hydrogen-bond donors (Lipinski definition) is 0. The highest BCUT2D eigenvalue weighted by Crippen LogP contribution is 2.26. The SMILES string of the molecule is CC1COC(CBr)CN1c1nccc2c1ncn2C. The molecule has 1 aliphatic rings. The van der Waals surface area contributed by atoms with Gasteiger partial charge in [0.25, 0.3) is 0 Å². The summed E-state index contributed by atoms with van der Waals surface area (Å²) in [5.41, 5.74) is 2.08. The van der Waals surface area contributed by atoms with Gasteiger partial charge >= 0.3 is 0 Å². The quantitative estimate of drug-likeness (QED) is 0.792. The van der Waals surface area contributed by atoms with Crippen LogP contribution in [0.5, 0.6) is 0 Å². The second-order valence-electron chi connectivity index (χ2n) is 4.97. The molecule has 0 amide bonds. The van der Waals surface area contributed by atoms with E-state index in [0.717, 1.165) is 35.3 Å². The zero-order valence-electron chi connectivity index (χ0n) is 11.1. The van der Waals surface area contributed by atoms with E-state index in [1.807, 2.05) is 30.2 Å². The Morgan fingerprint density at radius 3 is 3.11 bits per heavy atom. The van der Waals surface area contributed by atoms with Gasteiger partial charge in [-0.2, -0.15) is 0 Å². The molecular formula is C13H17BrN4O. The highest BCUT2D eigenvalue weighted by atomic mass is 79.9. The molecule has 1 fully saturated rings. The zero-order chi connectivity index (χ0) is 13.4. The first-order valence-corrected chi connectivity index (χ1v) is 7.53. The molecule has 5 nitrogen and oxygen atoms in total. The molecule has 0 aromatic carbocycles. The maximum absolute atomic E-state index is 5.77. The van der Waals surface area contributed by atoms with E-state index >= 15 is 0 Å². The molecule has 2 aromatic heterocycles. The topological polar surface area (TPSA) is 43.2 Å². The predicted octanol–water partition coefficient (Wildman–Crippen LogP) is 1.96. The van der Waals surface area contributed by atoms with Crippen molar-refractivity contribution in [3.8, 4) is 0 Å². The summed E-state index contributed by atoms with van der Waals surface area (Å²) in [6, 6.07) is 2.31. The Morgan fingerprint density at radius 1 is 1.47 bits per heavy atom. The second-order valence-corrected chi connectivity index (χ2v) is 5.62. The minimum atomic E-state index is 0.206. The van der Waals surface area contributed by atoms with Crippen LogP contribution in [-0.2, 0) is 11.8 Å². The summed E-state index contributed by atoms with van der Waals surface area (Å²) in [7, 11) is 2.00. The molecule has 0 radical (unpaired) electrons. The van der Waals surface area contributed by atoms with E-state index in [-0.39, 0.29) is 6.10 Å². The molecule has 19 heavy (non-hydrogen) atoms. The molecule has 1 aliphatic heterocycles. The van der Waals surface area contributed by atoms with Crippen LogP contribution in [0.25, 0.3) is 11.0 Å². The normalized spacial score (nSPS) is 24.1. The summed E-state index contributed by atoms with van der Waals surface area (Å²) in [6.07, 6.45) is 3.89. The number of hydrogen-bond acceptors (Lipinski definition) is 4. The number of pyridine rings is 1. The number of halogens is 1. The minimum Gasteiger partial charge on any atom is -0.373 e. The van der Waals surface area contributed by atoms with E-state index < -0.39 is 0 Å². The second kappa shape index (κ2) is 5.09. The molecule has 2 atom stereocenters. The summed E-state index contributed by atoms with van der Waals surface area (Å²) in [6.45, 7) is 3.73. The number of aromatic nitrogens is 3. The van der Waals surface area contributed by atoms with Crippen molar-refractivity contribution in [3.05, 3.63) is 18.6 Å². The standard InChI is InChI=1S/C13H17BrN4O/c1-9-7-19-10(5-14)6-18(9)13-12-11(3-4-15-13)17(2)8-16-12/h3-4,8-10H,5-7H2,1-2H3. The van der Waals surface area contributed by atoms with Gasteiger partial charge in [-0.3, -0.25) is 0 Å². The summed E-state index contributed by atoms with van der Waals surface area (Å²) >= 11 is 3.49. The summed E-state index contributed by atoms with van der Waals surface area (Å²) in [5.74, 6) is 0.958. The first-order chi connectivity index (χ1) is 9.20. The van der Waals surface area contributed by atoms with Crippen LogP contribution >= 0.6 is 15.9 Å². The third-order valence-electron chi connectivity index (χ3n) is 3.57. The lowest BCUT2D eigenvalue weighted by Crippen LogP contribution is -2.49. The first-order valence-electron chi connectivity index (χ1n) is 6.41. The fourth-order valence-electron chi connectivity index (χ4n) is 2.46. The number of imidazole rings is 1. The van der Waals surface area contributed by atoms with Gasteiger partial charge in [-0.1, -0.05) is 15.9 Å². The molecule has 3 heterocycles. The maximum atomic E-state index is 5.77. The Labute approximate surface area is 120 Å². The van der Waals surface area contributed by atoms with Gasteiger partial charge in [-0.25, -0.2) is 9.97 Å². The lowest BCUT2D eigenvalue weighted by atomic mass is 10.2. The van der Waals surface area contributed by atoms with Gasteiger partial charge in [-0.05, 0) is 13.0 Å². The zero-order valence-corrected chi connectivity index (χ0v) is 12.7. The molecule has 1 saturated heterocycles. The van der Waals surface area contributed by atoms with E-state index in [1.165, 1.54) is 0 Å². The van der Waals surface area contributed by atoms with Crippen molar-refractivity contribution in [2.45, 2.75) is 19.1 Å². The summed E-state index contributed by atoms with van der Waals surface area (Å²) in [5, 5.41) is 0.842. The molecular weight excluding hydrogens is 308 g/mol. The van der Waals surface area contributed by atoms with Crippen LogP contribution in [0.15, 0.2) is 18.6 Å². The molecule has 0 bridgehead atoms. The van der Waals surface area contributed by atoms with Crippen molar-refractivity contribution in [1.82, 2.24) is 14.5 Å². The molecule has 2 unspecified atom stereocenters. The van der Waals surface area contributed by atoms with Crippen LogP contribution < -0.4 is 4.90 Å². The Kier molecular flexibility index (Phi) is 3.45. The van der Waals surface area contributed by atoms with E-state index in [1.54, 1.807) is 0 Å². The van der Waals surface area contributed by atoms with Gasteiger partial charge in [0.2, 0.25) is 0 Å². The van der Waals surface area contributed by atoms with Crippen molar-refractivity contribution < 1.29 is 4.74 Å². The largest absolute Gasteiger partial charge is 0.373 e. The molecule has 102 valence electrons. The van der Waals surface area contributed by atoms with E-state index in [0.29, 0.717) is 6.04 Å². The Hall–Kier alpha value is -1.14. The third kappa shape index (κ3) is 2.23. The highest BCUT2D eigenvalue weighted by molar-refractivity contribution is 9.09. The van der Waals surface area contributed by atoms with Crippen molar-refractivity contribution in [2.75, 3.05) is 23.4 Å². The van der Waals surface area contributed by atoms with Gasteiger partial charge in [0.1, 0.15) is 5.52 Å². The number of nitrogens with zero attached hydrogens (tertiary/aromatic N) is 4. The number of fused-ring (bicyclic) bond motifs is 1. The molecule has 0 spiro atoms. The molecule has 3 rings (SSSR count).